The molecule has 5 N–H and O–H groups in total. The van der Waals surface area contributed by atoms with E-state index < -0.39 is 11.9 Å². The number of rotatable bonds is 14. The number of hydrogen-bond donors (Lipinski definition) is 4. The lowest BCUT2D eigenvalue weighted by atomic mass is 10.0. The van der Waals surface area contributed by atoms with Crippen LogP contribution in [0.15, 0.2) is 42.7 Å². The van der Waals surface area contributed by atoms with E-state index in [1.807, 2.05) is 36.4 Å². The van der Waals surface area contributed by atoms with Crippen LogP contribution in [0.2, 0.25) is 0 Å². The van der Waals surface area contributed by atoms with Crippen molar-refractivity contribution in [1.82, 2.24) is 20.2 Å². The van der Waals surface area contributed by atoms with Crippen LogP contribution < -0.4 is 21.7 Å². The molecule has 0 radical (unpaired) electrons. The van der Waals surface area contributed by atoms with Gasteiger partial charge in [0.15, 0.2) is 0 Å². The summed E-state index contributed by atoms with van der Waals surface area (Å²) >= 11 is 0. The number of carbonyl (C=O) groups is 3. The van der Waals surface area contributed by atoms with Gasteiger partial charge in [0, 0.05) is 24.9 Å². The number of nitrogens with two attached hydrogens (primary N) is 1. The zero-order chi connectivity index (χ0) is 28.6. The Hall–Kier alpha value is -4.17. The van der Waals surface area contributed by atoms with Gasteiger partial charge >= 0.3 is 0 Å². The molecule has 3 amide bonds. The van der Waals surface area contributed by atoms with E-state index in [4.69, 9.17) is 19.9 Å². The van der Waals surface area contributed by atoms with Gasteiger partial charge in [-0.3, -0.25) is 19.7 Å². The second kappa shape index (κ2) is 13.5. The number of para-hydroxylation sites is 1. The van der Waals surface area contributed by atoms with Crippen LogP contribution in [0.3, 0.4) is 0 Å². The lowest BCUT2D eigenvalue weighted by Crippen LogP contribution is -2.52. The molecule has 1 atom stereocenters. The fourth-order valence-electron chi connectivity index (χ4n) is 4.94. The predicted octanol–water partition coefficient (Wildman–Crippen LogP) is 1.51. The Labute approximate surface area is 236 Å². The summed E-state index contributed by atoms with van der Waals surface area (Å²) in [5, 5.41) is 9.92. The summed E-state index contributed by atoms with van der Waals surface area (Å²) in [7, 11) is 0. The second-order valence-electron chi connectivity index (χ2n) is 9.51. The van der Waals surface area contributed by atoms with Crippen LogP contribution >= 0.6 is 0 Å². The highest BCUT2D eigenvalue weighted by atomic mass is 16.5. The maximum Gasteiger partial charge on any atom is 0.257 e. The number of aromatic nitrogens is 2. The molecule has 13 nitrogen and oxygen atoms in total. The van der Waals surface area contributed by atoms with E-state index in [0.717, 1.165) is 16.5 Å². The molecule has 0 bridgehead atoms. The van der Waals surface area contributed by atoms with E-state index in [9.17, 15) is 14.4 Å². The van der Waals surface area contributed by atoms with Crippen LogP contribution in [0.25, 0.3) is 10.9 Å². The Morgan fingerprint density at radius 1 is 0.976 bits per heavy atom. The Morgan fingerprint density at radius 2 is 1.76 bits per heavy atom. The zero-order valence-corrected chi connectivity index (χ0v) is 22.6. The number of nitrogens with one attached hydrogen (secondary N) is 3. The van der Waals surface area contributed by atoms with Crippen molar-refractivity contribution in [2.24, 2.45) is 5.73 Å². The molecule has 1 unspecified atom stereocenters. The fourth-order valence-corrected chi connectivity index (χ4v) is 4.94. The van der Waals surface area contributed by atoms with Gasteiger partial charge < -0.3 is 35.5 Å². The molecule has 41 heavy (non-hydrogen) atoms. The highest BCUT2D eigenvalue weighted by molar-refractivity contribution is 6.10. The average Bonchev–Trinajstić information content (AvgIpc) is 3.31. The summed E-state index contributed by atoms with van der Waals surface area (Å²) in [6, 6.07) is 10.7. The number of ether oxygens (including phenoxy) is 3. The molecule has 216 valence electrons. The number of fused-ring (bicyclic) bond motifs is 2. The zero-order valence-electron chi connectivity index (χ0n) is 22.6. The summed E-state index contributed by atoms with van der Waals surface area (Å²) in [4.78, 5) is 48.3. The van der Waals surface area contributed by atoms with Crippen LogP contribution in [0, 0.1) is 0 Å². The monoisotopic (exact) mass is 563 g/mol. The molecule has 1 fully saturated rings. The minimum absolute atomic E-state index is 0.160. The molecule has 3 aromatic rings. The van der Waals surface area contributed by atoms with E-state index in [1.54, 1.807) is 0 Å². The first-order chi connectivity index (χ1) is 20.1. The summed E-state index contributed by atoms with van der Waals surface area (Å²) < 4.78 is 16.1. The van der Waals surface area contributed by atoms with Crippen LogP contribution in [-0.2, 0) is 30.3 Å². The number of piperidine rings is 1. The van der Waals surface area contributed by atoms with Gasteiger partial charge in [-0.25, -0.2) is 9.97 Å². The van der Waals surface area contributed by atoms with E-state index in [1.165, 1.54) is 11.2 Å². The smallest absolute Gasteiger partial charge is 0.257 e. The number of nitrogens with zero attached hydrogens (tertiary/aromatic N) is 3. The van der Waals surface area contributed by atoms with Crippen molar-refractivity contribution in [2.75, 3.05) is 56.9 Å². The van der Waals surface area contributed by atoms with Crippen molar-refractivity contribution in [1.29, 1.82) is 0 Å². The minimum atomic E-state index is -0.707. The number of amides is 3. The van der Waals surface area contributed by atoms with Crippen molar-refractivity contribution >= 4 is 45.8 Å². The van der Waals surface area contributed by atoms with Gasteiger partial charge in [-0.2, -0.15) is 0 Å². The van der Waals surface area contributed by atoms with Gasteiger partial charge in [0.05, 0.1) is 62.2 Å². The second-order valence-corrected chi connectivity index (χ2v) is 9.51. The Bertz CT molecular complexity index is 1410. The van der Waals surface area contributed by atoms with Gasteiger partial charge in [-0.15, -0.1) is 0 Å². The summed E-state index contributed by atoms with van der Waals surface area (Å²) in [6.45, 7) is 2.90. The van der Waals surface area contributed by atoms with Crippen LogP contribution in [-0.4, -0.2) is 84.9 Å². The van der Waals surface area contributed by atoms with Crippen LogP contribution in [0.5, 0.6) is 0 Å². The van der Waals surface area contributed by atoms with Gasteiger partial charge in [0.1, 0.15) is 18.2 Å². The molecule has 0 spiro atoms. The third-order valence-corrected chi connectivity index (χ3v) is 6.90. The highest BCUT2D eigenvalue weighted by Gasteiger charge is 2.40. The van der Waals surface area contributed by atoms with E-state index >= 15 is 0 Å². The maximum atomic E-state index is 13.7. The van der Waals surface area contributed by atoms with E-state index in [0.29, 0.717) is 68.8 Å². The molecule has 1 saturated heterocycles. The Morgan fingerprint density at radius 3 is 2.56 bits per heavy atom. The number of anilines is 3. The van der Waals surface area contributed by atoms with Crippen molar-refractivity contribution in [3.05, 3.63) is 53.9 Å². The lowest BCUT2D eigenvalue weighted by Gasteiger charge is -2.29. The molecule has 1 aromatic heterocycles. The lowest BCUT2D eigenvalue weighted by molar-refractivity contribution is -0.136. The fraction of sp³-hybridized carbons (Fsp3) is 0.393. The number of imide groups is 1. The Kier molecular flexibility index (Phi) is 9.31. The summed E-state index contributed by atoms with van der Waals surface area (Å²) in [5.41, 5.74) is 8.55. The van der Waals surface area contributed by atoms with E-state index in [-0.39, 0.29) is 31.5 Å². The van der Waals surface area contributed by atoms with E-state index in [2.05, 4.69) is 25.9 Å². The summed E-state index contributed by atoms with van der Waals surface area (Å²) in [5.74, 6) is -0.455. The number of carbonyl (C=O) groups excluding carboxylic acids is 3. The average molecular weight is 564 g/mol. The summed E-state index contributed by atoms with van der Waals surface area (Å²) in [6.07, 6.45) is 1.97. The van der Waals surface area contributed by atoms with Gasteiger partial charge in [-0.05, 0) is 30.2 Å². The Balaban J connectivity index is 1.33. The standard InChI is InChI=1S/C28H33N7O6/c29-16-41-14-13-40-12-11-39-10-9-30-25-21(33-26-19-3-1-2-4-20(19)31-17-32-26)6-5-18-15-35(28(38)24(18)25)22-7-8-23(36)34-27(22)37/h1-6,17,22,30H,7-16,29H2,(H,31,32,33)(H,34,36,37). The highest BCUT2D eigenvalue weighted by Crippen LogP contribution is 2.38. The number of hydrogen-bond acceptors (Lipinski definition) is 11. The third-order valence-electron chi connectivity index (χ3n) is 6.90. The van der Waals surface area contributed by atoms with Gasteiger partial charge in [0.25, 0.3) is 5.91 Å². The van der Waals surface area contributed by atoms with Gasteiger partial charge in [0.2, 0.25) is 11.8 Å². The normalized spacial score (nSPS) is 16.7. The predicted molar refractivity (Wildman–Crippen MR) is 150 cm³/mol. The minimum Gasteiger partial charge on any atom is -0.380 e. The molecule has 3 heterocycles. The molecular formula is C28H33N7O6. The quantitative estimate of drug-likeness (QED) is 0.127. The number of benzene rings is 2. The first-order valence-corrected chi connectivity index (χ1v) is 13.5. The third kappa shape index (κ3) is 6.60. The van der Waals surface area contributed by atoms with Gasteiger partial charge in [-0.1, -0.05) is 18.2 Å². The molecule has 2 aromatic carbocycles. The largest absolute Gasteiger partial charge is 0.380 e. The van der Waals surface area contributed by atoms with Crippen molar-refractivity contribution in [3.63, 3.8) is 0 Å². The molecule has 2 aliphatic rings. The van der Waals surface area contributed by atoms with Crippen molar-refractivity contribution < 1.29 is 28.6 Å². The molecule has 2 aliphatic heterocycles. The first kappa shape index (κ1) is 28.4. The SMILES string of the molecule is NCOCCOCCOCCNc1c(Nc2ncnc3ccccc23)ccc2c1C(=O)N(C1CCC(=O)NC1=O)C2. The molecule has 5 rings (SSSR count). The molecular weight excluding hydrogens is 530 g/mol. The first-order valence-electron chi connectivity index (χ1n) is 13.5. The molecule has 0 aliphatic carbocycles. The topological polar surface area (TPSA) is 170 Å². The molecule has 0 saturated carbocycles. The maximum absolute atomic E-state index is 13.7. The van der Waals surface area contributed by atoms with Crippen LogP contribution in [0.1, 0.15) is 28.8 Å². The van der Waals surface area contributed by atoms with Crippen LogP contribution in [0.4, 0.5) is 17.2 Å². The van der Waals surface area contributed by atoms with Crippen molar-refractivity contribution in [3.8, 4) is 0 Å². The molecule has 13 heteroatoms. The van der Waals surface area contributed by atoms with Crippen molar-refractivity contribution in [2.45, 2.75) is 25.4 Å².